The van der Waals surface area contributed by atoms with Crippen LogP contribution in [-0.4, -0.2) is 29.9 Å². The van der Waals surface area contributed by atoms with Gasteiger partial charge in [-0.05, 0) is 94.0 Å². The van der Waals surface area contributed by atoms with Gasteiger partial charge in [0.05, 0.1) is 5.69 Å². The van der Waals surface area contributed by atoms with Crippen LogP contribution < -0.4 is 15.1 Å². The normalized spacial score (nSPS) is 21.1. The van der Waals surface area contributed by atoms with Gasteiger partial charge in [0.1, 0.15) is 11.4 Å². The van der Waals surface area contributed by atoms with Crippen LogP contribution in [0.5, 0.6) is 0 Å². The molecule has 0 spiro atoms. The molecule has 0 radical (unpaired) electrons. The first-order valence-electron chi connectivity index (χ1n) is 11.5. The fraction of sp³-hybridized carbons (Fsp3) is 0.370. The molecule has 4 rings (SSSR count). The summed E-state index contributed by atoms with van der Waals surface area (Å²) in [6.07, 6.45) is 2.14. The molecule has 1 unspecified atom stereocenters. The molecule has 1 N–H and O–H groups in total. The van der Waals surface area contributed by atoms with Crippen LogP contribution in [0.1, 0.15) is 62.3 Å². The number of imide groups is 2. The molecule has 34 heavy (non-hydrogen) atoms. The summed E-state index contributed by atoms with van der Waals surface area (Å²) in [6, 6.07) is 7.54. The van der Waals surface area contributed by atoms with Crippen LogP contribution in [-0.2, 0) is 9.59 Å². The Morgan fingerprint density at radius 1 is 1.12 bits per heavy atom. The second-order valence-electron chi connectivity index (χ2n) is 9.82. The summed E-state index contributed by atoms with van der Waals surface area (Å²) >= 11 is 0. The number of rotatable bonds is 3. The van der Waals surface area contributed by atoms with Gasteiger partial charge in [0, 0.05) is 23.3 Å². The average Bonchev–Trinajstić information content (AvgIpc) is 2.73. The van der Waals surface area contributed by atoms with Crippen LogP contribution in [0.2, 0.25) is 0 Å². The summed E-state index contributed by atoms with van der Waals surface area (Å²) in [5.41, 5.74) is 3.82. The van der Waals surface area contributed by atoms with Gasteiger partial charge in [0.2, 0.25) is 0 Å². The predicted molar refractivity (Wildman–Crippen MR) is 131 cm³/mol. The maximum Gasteiger partial charge on any atom is 0.335 e. The molecule has 2 aliphatic heterocycles. The number of benzene rings is 2. The molecule has 0 aliphatic carbocycles. The van der Waals surface area contributed by atoms with Crippen LogP contribution in [0, 0.1) is 19.7 Å². The summed E-state index contributed by atoms with van der Waals surface area (Å²) in [4.78, 5) is 41.4. The van der Waals surface area contributed by atoms with Crippen LogP contribution in [0.25, 0.3) is 6.08 Å². The first-order valence-corrected chi connectivity index (χ1v) is 11.5. The molecule has 1 atom stereocenters. The number of fused-ring (bicyclic) bond motifs is 1. The minimum Gasteiger partial charge on any atom is -0.366 e. The zero-order valence-corrected chi connectivity index (χ0v) is 20.5. The zero-order chi connectivity index (χ0) is 24.9. The minimum atomic E-state index is -0.837. The molecule has 1 saturated heterocycles. The van der Waals surface area contributed by atoms with Crippen LogP contribution in [0.3, 0.4) is 0 Å². The van der Waals surface area contributed by atoms with E-state index in [1.54, 1.807) is 24.3 Å². The first kappa shape index (κ1) is 23.7. The van der Waals surface area contributed by atoms with Crippen molar-refractivity contribution >= 4 is 35.3 Å². The largest absolute Gasteiger partial charge is 0.366 e. The topological polar surface area (TPSA) is 69.7 Å². The smallest absolute Gasteiger partial charge is 0.335 e. The summed E-state index contributed by atoms with van der Waals surface area (Å²) in [5.74, 6) is -1.96. The van der Waals surface area contributed by atoms with Crippen molar-refractivity contribution in [3.05, 3.63) is 64.0 Å². The van der Waals surface area contributed by atoms with E-state index in [0.717, 1.165) is 40.2 Å². The van der Waals surface area contributed by atoms with Crippen molar-refractivity contribution in [1.82, 2.24) is 5.32 Å². The van der Waals surface area contributed by atoms with Gasteiger partial charge in [-0.25, -0.2) is 14.1 Å². The highest BCUT2D eigenvalue weighted by molar-refractivity contribution is 6.39. The van der Waals surface area contributed by atoms with Gasteiger partial charge >= 0.3 is 6.03 Å². The van der Waals surface area contributed by atoms with Crippen molar-refractivity contribution in [2.24, 2.45) is 0 Å². The minimum absolute atomic E-state index is 0.111. The molecule has 2 aromatic carbocycles. The number of barbiturate groups is 1. The number of nitrogens with zero attached hydrogens (tertiary/aromatic N) is 2. The molecule has 2 aromatic rings. The van der Waals surface area contributed by atoms with E-state index < -0.39 is 23.7 Å². The lowest BCUT2D eigenvalue weighted by atomic mass is 9.79. The molecule has 2 aliphatic rings. The average molecular weight is 464 g/mol. The third-order valence-electron chi connectivity index (χ3n) is 6.97. The Hall–Kier alpha value is -3.48. The van der Waals surface area contributed by atoms with Gasteiger partial charge < -0.3 is 4.90 Å². The number of carbonyl (C=O) groups is 3. The Kier molecular flexibility index (Phi) is 5.84. The highest BCUT2D eigenvalue weighted by atomic mass is 19.1. The predicted octanol–water partition coefficient (Wildman–Crippen LogP) is 5.22. The summed E-state index contributed by atoms with van der Waals surface area (Å²) in [7, 11) is 0. The number of aryl methyl sites for hydroxylation is 2. The molecule has 0 saturated carbocycles. The monoisotopic (exact) mass is 463 g/mol. The van der Waals surface area contributed by atoms with Crippen LogP contribution in [0.4, 0.5) is 20.6 Å². The number of anilines is 2. The molecule has 1 fully saturated rings. The lowest BCUT2D eigenvalue weighted by Gasteiger charge is -2.47. The first-order chi connectivity index (χ1) is 15.9. The summed E-state index contributed by atoms with van der Waals surface area (Å²) in [6.45, 7) is 13.0. The lowest BCUT2D eigenvalue weighted by molar-refractivity contribution is -0.122. The maximum atomic E-state index is 15.3. The van der Waals surface area contributed by atoms with E-state index in [-0.39, 0.29) is 22.6 Å². The Bertz CT molecular complexity index is 1250. The molecule has 178 valence electrons. The SMILES string of the molecule is CCN1c2cc(F)c(/C=C3/C(=O)NC(=O)N(c4ccc(C)c(C)c4)C3=O)cc2C(C)CC1(C)C. The van der Waals surface area contributed by atoms with Gasteiger partial charge in [-0.2, -0.15) is 0 Å². The Labute approximate surface area is 199 Å². The van der Waals surface area contributed by atoms with E-state index in [2.05, 4.69) is 31.0 Å². The van der Waals surface area contributed by atoms with E-state index >= 15 is 4.39 Å². The molecular formula is C27H30FN3O3. The fourth-order valence-corrected chi connectivity index (χ4v) is 5.14. The van der Waals surface area contributed by atoms with Crippen LogP contribution >= 0.6 is 0 Å². The van der Waals surface area contributed by atoms with Crippen molar-refractivity contribution < 1.29 is 18.8 Å². The second-order valence-corrected chi connectivity index (χ2v) is 9.82. The molecule has 6 nitrogen and oxygen atoms in total. The lowest BCUT2D eigenvalue weighted by Crippen LogP contribution is -2.54. The van der Waals surface area contributed by atoms with Crippen molar-refractivity contribution in [3.63, 3.8) is 0 Å². The standard InChI is InChI=1S/C27H30FN3O3/c1-7-30-23-13-22(28)18(11-20(23)17(4)14-27(30,5)6)12-21-24(32)29-26(34)31(25(21)33)19-9-8-15(2)16(3)10-19/h8-13,17H,7,14H2,1-6H3,(H,29,32,34)/b21-12-. The van der Waals surface area contributed by atoms with E-state index in [1.165, 1.54) is 12.1 Å². The van der Waals surface area contributed by atoms with Gasteiger partial charge in [-0.3, -0.25) is 14.9 Å². The molecule has 0 bridgehead atoms. The molecule has 7 heteroatoms. The van der Waals surface area contributed by atoms with E-state index in [1.807, 2.05) is 20.8 Å². The quantitative estimate of drug-likeness (QED) is 0.500. The number of halogens is 1. The van der Waals surface area contributed by atoms with Crippen molar-refractivity contribution in [2.45, 2.75) is 59.4 Å². The Morgan fingerprint density at radius 2 is 1.82 bits per heavy atom. The fourth-order valence-electron chi connectivity index (χ4n) is 5.14. The second kappa shape index (κ2) is 8.38. The van der Waals surface area contributed by atoms with E-state index in [0.29, 0.717) is 5.69 Å². The number of hydrogen-bond acceptors (Lipinski definition) is 4. The molecule has 0 aromatic heterocycles. The van der Waals surface area contributed by atoms with E-state index in [9.17, 15) is 14.4 Å². The third-order valence-corrected chi connectivity index (χ3v) is 6.97. The number of amides is 4. The number of urea groups is 1. The summed E-state index contributed by atoms with van der Waals surface area (Å²) < 4.78 is 15.3. The van der Waals surface area contributed by atoms with Gasteiger partial charge in [0.25, 0.3) is 11.8 Å². The summed E-state index contributed by atoms with van der Waals surface area (Å²) in [5, 5.41) is 2.21. The molecule has 4 amide bonds. The Morgan fingerprint density at radius 3 is 2.47 bits per heavy atom. The molecule has 2 heterocycles. The highest BCUT2D eigenvalue weighted by Crippen LogP contribution is 2.44. The maximum absolute atomic E-state index is 15.3. The van der Waals surface area contributed by atoms with Crippen molar-refractivity contribution in [1.29, 1.82) is 0 Å². The molecular weight excluding hydrogens is 433 g/mol. The Balaban J connectivity index is 1.78. The zero-order valence-electron chi connectivity index (χ0n) is 20.5. The van der Waals surface area contributed by atoms with Crippen molar-refractivity contribution in [3.8, 4) is 0 Å². The van der Waals surface area contributed by atoms with Gasteiger partial charge in [-0.1, -0.05) is 13.0 Å². The van der Waals surface area contributed by atoms with E-state index in [4.69, 9.17) is 0 Å². The van der Waals surface area contributed by atoms with Gasteiger partial charge in [0.15, 0.2) is 0 Å². The van der Waals surface area contributed by atoms with Crippen molar-refractivity contribution in [2.75, 3.05) is 16.3 Å². The highest BCUT2D eigenvalue weighted by Gasteiger charge is 2.38. The number of nitrogens with one attached hydrogen (secondary N) is 1. The number of hydrogen-bond donors (Lipinski definition) is 1. The third kappa shape index (κ3) is 3.89. The van der Waals surface area contributed by atoms with Crippen LogP contribution in [0.15, 0.2) is 35.9 Å². The number of carbonyl (C=O) groups excluding carboxylic acids is 3. The van der Waals surface area contributed by atoms with Gasteiger partial charge in [-0.15, -0.1) is 0 Å².